The number of nitrogens with one attached hydrogen (secondary N) is 2. The van der Waals surface area contributed by atoms with Crippen molar-refractivity contribution in [3.8, 4) is 0 Å². The summed E-state index contributed by atoms with van der Waals surface area (Å²) in [4.78, 5) is 37.2. The summed E-state index contributed by atoms with van der Waals surface area (Å²) in [5.41, 5.74) is 2.04. The normalized spacial score (nSPS) is 13.1. The van der Waals surface area contributed by atoms with Gasteiger partial charge >= 0.3 is 5.97 Å². The van der Waals surface area contributed by atoms with Crippen LogP contribution in [0.25, 0.3) is 10.9 Å². The van der Waals surface area contributed by atoms with Gasteiger partial charge in [-0.2, -0.15) is 0 Å². The van der Waals surface area contributed by atoms with E-state index in [0.29, 0.717) is 16.8 Å². The molecule has 3 aromatic rings. The van der Waals surface area contributed by atoms with Crippen LogP contribution in [0.1, 0.15) is 33.6 Å². The molecule has 7 nitrogen and oxygen atoms in total. The maximum Gasteiger partial charge on any atom is 0.340 e. The van der Waals surface area contributed by atoms with Gasteiger partial charge in [0.1, 0.15) is 6.54 Å². The number of fused-ring (bicyclic) bond motifs is 1. The van der Waals surface area contributed by atoms with Crippen LogP contribution in [-0.2, 0) is 16.1 Å². The van der Waals surface area contributed by atoms with Gasteiger partial charge < -0.3 is 19.9 Å². The number of ether oxygens (including phenoxy) is 1. The molecule has 1 heterocycles. The van der Waals surface area contributed by atoms with Crippen molar-refractivity contribution in [2.45, 2.75) is 25.4 Å². The number of hydrogen-bond donors (Lipinski definition) is 2. The number of hydrogen-bond acceptors (Lipinski definition) is 4. The number of esters is 1. The summed E-state index contributed by atoms with van der Waals surface area (Å²) in [6.45, 7) is -0.00388. The molecule has 1 saturated carbocycles. The van der Waals surface area contributed by atoms with Gasteiger partial charge in [0.25, 0.3) is 5.91 Å². The summed E-state index contributed by atoms with van der Waals surface area (Å²) in [7, 11) is 1.32. The maximum atomic E-state index is 12.7. The summed E-state index contributed by atoms with van der Waals surface area (Å²) in [6, 6.07) is 14.5. The fraction of sp³-hybridized carbons (Fsp3) is 0.227. The number of aromatic nitrogens is 1. The summed E-state index contributed by atoms with van der Waals surface area (Å²) >= 11 is 0. The summed E-state index contributed by atoms with van der Waals surface area (Å²) in [5, 5.41) is 6.47. The van der Waals surface area contributed by atoms with E-state index in [9.17, 15) is 14.4 Å². The molecule has 0 radical (unpaired) electrons. The van der Waals surface area contributed by atoms with E-state index >= 15 is 0 Å². The van der Waals surface area contributed by atoms with Crippen molar-refractivity contribution in [2.75, 3.05) is 12.4 Å². The first-order chi connectivity index (χ1) is 14.1. The van der Waals surface area contributed by atoms with Gasteiger partial charge in [-0.15, -0.1) is 0 Å². The zero-order chi connectivity index (χ0) is 20.4. The van der Waals surface area contributed by atoms with Gasteiger partial charge in [0, 0.05) is 23.1 Å². The molecule has 1 aliphatic rings. The highest BCUT2D eigenvalue weighted by Crippen LogP contribution is 2.23. The molecule has 1 aliphatic carbocycles. The van der Waals surface area contributed by atoms with Crippen LogP contribution in [-0.4, -0.2) is 35.5 Å². The minimum absolute atomic E-state index is 0.00388. The second kappa shape index (κ2) is 7.79. The molecule has 0 unspecified atom stereocenters. The van der Waals surface area contributed by atoms with Gasteiger partial charge in [-0.1, -0.05) is 30.3 Å². The van der Waals surface area contributed by atoms with Crippen LogP contribution in [0, 0.1) is 0 Å². The molecule has 0 aliphatic heterocycles. The first kappa shape index (κ1) is 18.7. The number of para-hydroxylation sites is 2. The smallest absolute Gasteiger partial charge is 0.340 e. The van der Waals surface area contributed by atoms with E-state index in [0.717, 1.165) is 23.7 Å². The minimum Gasteiger partial charge on any atom is -0.465 e. The zero-order valence-corrected chi connectivity index (χ0v) is 16.0. The van der Waals surface area contributed by atoms with Gasteiger partial charge in [-0.25, -0.2) is 4.79 Å². The van der Waals surface area contributed by atoms with Crippen LogP contribution in [0.3, 0.4) is 0 Å². The largest absolute Gasteiger partial charge is 0.465 e. The molecule has 0 atom stereocenters. The van der Waals surface area contributed by atoms with Gasteiger partial charge in [0.05, 0.1) is 23.9 Å². The number of carbonyl (C=O) groups excluding carboxylic acids is 3. The molecular formula is C22H21N3O4. The number of carbonyl (C=O) groups is 3. The highest BCUT2D eigenvalue weighted by Gasteiger charge is 2.25. The Hall–Kier alpha value is -3.61. The lowest BCUT2D eigenvalue weighted by atomic mass is 10.1. The maximum absolute atomic E-state index is 12.7. The zero-order valence-electron chi connectivity index (χ0n) is 16.0. The Kier molecular flexibility index (Phi) is 5.03. The predicted molar refractivity (Wildman–Crippen MR) is 109 cm³/mol. The number of nitrogens with zero attached hydrogens (tertiary/aromatic N) is 1. The fourth-order valence-corrected chi connectivity index (χ4v) is 3.28. The number of benzene rings is 2. The second-order valence-electron chi connectivity index (χ2n) is 7.02. The number of amides is 2. The number of methoxy groups -OCH3 is 1. The Morgan fingerprint density at radius 1 is 1.03 bits per heavy atom. The van der Waals surface area contributed by atoms with Gasteiger partial charge in [0.2, 0.25) is 5.91 Å². The number of rotatable bonds is 6. The van der Waals surface area contributed by atoms with Crippen molar-refractivity contribution >= 4 is 34.4 Å². The van der Waals surface area contributed by atoms with E-state index in [-0.39, 0.29) is 24.4 Å². The van der Waals surface area contributed by atoms with E-state index < -0.39 is 5.97 Å². The summed E-state index contributed by atoms with van der Waals surface area (Å²) in [6.07, 6.45) is 3.59. The van der Waals surface area contributed by atoms with Crippen molar-refractivity contribution in [2.24, 2.45) is 0 Å². The lowest BCUT2D eigenvalue weighted by molar-refractivity contribution is -0.116. The van der Waals surface area contributed by atoms with Gasteiger partial charge in [-0.3, -0.25) is 9.59 Å². The molecule has 0 saturated heterocycles. The number of anilines is 1. The van der Waals surface area contributed by atoms with Crippen LogP contribution in [0.4, 0.5) is 5.69 Å². The molecule has 7 heteroatoms. The van der Waals surface area contributed by atoms with Crippen LogP contribution in [0.15, 0.2) is 54.7 Å². The molecule has 1 aromatic heterocycles. The summed E-state index contributed by atoms with van der Waals surface area (Å²) < 4.78 is 6.54. The Morgan fingerprint density at radius 2 is 1.76 bits per heavy atom. The topological polar surface area (TPSA) is 89.4 Å². The fourth-order valence-electron chi connectivity index (χ4n) is 3.28. The molecule has 0 spiro atoms. The minimum atomic E-state index is -0.456. The van der Waals surface area contributed by atoms with E-state index in [1.54, 1.807) is 35.0 Å². The summed E-state index contributed by atoms with van der Waals surface area (Å²) in [5.74, 6) is -0.945. The molecule has 2 N–H and O–H groups in total. The van der Waals surface area contributed by atoms with E-state index in [4.69, 9.17) is 4.74 Å². The highest BCUT2D eigenvalue weighted by molar-refractivity contribution is 6.06. The van der Waals surface area contributed by atoms with Gasteiger partial charge in [0.15, 0.2) is 0 Å². The third kappa shape index (κ3) is 3.99. The predicted octanol–water partition coefficient (Wildman–Crippen LogP) is 2.96. The quantitative estimate of drug-likeness (QED) is 0.632. The Morgan fingerprint density at radius 3 is 2.52 bits per heavy atom. The Balaban J connectivity index is 1.55. The van der Waals surface area contributed by atoms with Crippen LogP contribution in [0.5, 0.6) is 0 Å². The van der Waals surface area contributed by atoms with E-state index in [1.807, 2.05) is 24.3 Å². The molecular weight excluding hydrogens is 370 g/mol. The average molecular weight is 391 g/mol. The first-order valence-electron chi connectivity index (χ1n) is 9.42. The molecule has 2 aromatic carbocycles. The highest BCUT2D eigenvalue weighted by atomic mass is 16.5. The molecule has 2 amide bonds. The third-order valence-corrected chi connectivity index (χ3v) is 4.87. The Bertz CT molecular complexity index is 1100. The van der Waals surface area contributed by atoms with E-state index in [1.165, 1.54) is 7.11 Å². The van der Waals surface area contributed by atoms with Crippen molar-refractivity contribution in [3.63, 3.8) is 0 Å². The monoisotopic (exact) mass is 391 g/mol. The van der Waals surface area contributed by atoms with E-state index in [2.05, 4.69) is 10.6 Å². The van der Waals surface area contributed by atoms with Crippen molar-refractivity contribution in [3.05, 3.63) is 65.9 Å². The van der Waals surface area contributed by atoms with Crippen molar-refractivity contribution < 1.29 is 19.1 Å². The van der Waals surface area contributed by atoms with Crippen molar-refractivity contribution in [1.29, 1.82) is 0 Å². The molecule has 148 valence electrons. The van der Waals surface area contributed by atoms with Crippen LogP contribution >= 0.6 is 0 Å². The Labute approximate surface area is 167 Å². The molecule has 0 bridgehead atoms. The van der Waals surface area contributed by atoms with Crippen LogP contribution in [0.2, 0.25) is 0 Å². The third-order valence-electron chi connectivity index (χ3n) is 4.87. The molecule has 1 fully saturated rings. The lowest BCUT2D eigenvalue weighted by Gasteiger charge is -2.12. The van der Waals surface area contributed by atoms with Crippen molar-refractivity contribution in [1.82, 2.24) is 9.88 Å². The second-order valence-corrected chi connectivity index (χ2v) is 7.02. The molecule has 4 rings (SSSR count). The molecule has 29 heavy (non-hydrogen) atoms. The standard InChI is InChI=1S/C22H21N3O4/c1-29-22(28)17-12-25(19-9-5-3-6-15(17)19)13-20(26)24-18-8-4-2-7-16(18)21(27)23-14-10-11-14/h2-9,12,14H,10-11,13H2,1H3,(H,23,27)(H,24,26). The SMILES string of the molecule is COC(=O)c1cn(CC(=O)Nc2ccccc2C(=O)NC2CC2)c2ccccc12. The first-order valence-corrected chi connectivity index (χ1v) is 9.42. The average Bonchev–Trinajstić information content (AvgIpc) is 3.47. The van der Waals surface area contributed by atoms with Crippen LogP contribution < -0.4 is 10.6 Å². The lowest BCUT2D eigenvalue weighted by Crippen LogP contribution is -2.27. The van der Waals surface area contributed by atoms with Gasteiger partial charge in [-0.05, 0) is 31.0 Å².